The van der Waals surface area contributed by atoms with Gasteiger partial charge in [0.15, 0.2) is 0 Å². The Morgan fingerprint density at radius 1 is 1.26 bits per heavy atom. The number of carboxylic acid groups (broad SMARTS) is 1. The van der Waals surface area contributed by atoms with Gasteiger partial charge in [-0.25, -0.2) is 9.18 Å². The van der Waals surface area contributed by atoms with Crippen molar-refractivity contribution in [2.45, 2.75) is 32.2 Å². The molecular formula is C17H19FN2O3. The van der Waals surface area contributed by atoms with Crippen LogP contribution in [0.4, 0.5) is 4.39 Å². The average Bonchev–Trinajstić information content (AvgIpc) is 3.01. The lowest BCUT2D eigenvalue weighted by Crippen LogP contribution is -2.40. The first-order chi connectivity index (χ1) is 11.0. The average molecular weight is 318 g/mol. The molecule has 0 radical (unpaired) electrons. The molecule has 3 N–H and O–H groups in total. The zero-order chi connectivity index (χ0) is 16.8. The number of carbonyl (C=O) groups excluding carboxylic acids is 1. The normalized spacial score (nSPS) is 11.9. The summed E-state index contributed by atoms with van der Waals surface area (Å²) in [7, 11) is 0. The molecule has 2 rings (SSSR count). The number of nitrogens with one attached hydrogen (secondary N) is 2. The molecule has 0 fully saturated rings. The van der Waals surface area contributed by atoms with Crippen LogP contribution in [-0.4, -0.2) is 28.0 Å². The molecule has 1 amide bonds. The van der Waals surface area contributed by atoms with E-state index in [1.54, 1.807) is 18.3 Å². The van der Waals surface area contributed by atoms with Gasteiger partial charge in [-0.3, -0.25) is 4.79 Å². The largest absolute Gasteiger partial charge is 0.480 e. The lowest BCUT2D eigenvalue weighted by atomic mass is 10.0. The first-order valence-corrected chi connectivity index (χ1v) is 7.49. The number of benzene rings is 1. The van der Waals surface area contributed by atoms with Crippen LogP contribution in [0.3, 0.4) is 0 Å². The number of rotatable bonds is 7. The highest BCUT2D eigenvalue weighted by Crippen LogP contribution is 2.24. The summed E-state index contributed by atoms with van der Waals surface area (Å²) in [6, 6.07) is 4.84. The van der Waals surface area contributed by atoms with E-state index in [2.05, 4.69) is 10.3 Å². The molecule has 122 valence electrons. The van der Waals surface area contributed by atoms with E-state index in [4.69, 9.17) is 0 Å². The highest BCUT2D eigenvalue weighted by molar-refractivity contribution is 6.02. The van der Waals surface area contributed by atoms with Crippen LogP contribution in [0.25, 0.3) is 11.1 Å². The van der Waals surface area contributed by atoms with Crippen LogP contribution in [0.2, 0.25) is 0 Å². The van der Waals surface area contributed by atoms with Crippen LogP contribution in [0, 0.1) is 5.82 Å². The Kier molecular flexibility index (Phi) is 5.51. The lowest BCUT2D eigenvalue weighted by molar-refractivity contribution is -0.139. The van der Waals surface area contributed by atoms with E-state index < -0.39 is 17.9 Å². The fraction of sp³-hybridized carbons (Fsp3) is 0.294. The van der Waals surface area contributed by atoms with Gasteiger partial charge in [-0.15, -0.1) is 0 Å². The molecule has 6 heteroatoms. The van der Waals surface area contributed by atoms with Gasteiger partial charge >= 0.3 is 5.97 Å². The quantitative estimate of drug-likeness (QED) is 0.733. The molecule has 1 atom stereocenters. The number of aromatic nitrogens is 1. The summed E-state index contributed by atoms with van der Waals surface area (Å²) in [6.07, 6.45) is 5.09. The SMILES string of the molecule is CCCC[C@H](NC(=O)c1c[nH]cc1-c1ccc(F)cc1)C(=O)O. The molecule has 0 aliphatic carbocycles. The molecule has 0 spiro atoms. The van der Waals surface area contributed by atoms with Gasteiger partial charge in [-0.2, -0.15) is 0 Å². The molecular weight excluding hydrogens is 299 g/mol. The van der Waals surface area contributed by atoms with Crippen LogP contribution in [0.1, 0.15) is 36.5 Å². The summed E-state index contributed by atoms with van der Waals surface area (Å²) in [4.78, 5) is 26.5. The number of aromatic amines is 1. The smallest absolute Gasteiger partial charge is 0.326 e. The van der Waals surface area contributed by atoms with Crippen molar-refractivity contribution >= 4 is 11.9 Å². The summed E-state index contributed by atoms with van der Waals surface area (Å²) >= 11 is 0. The van der Waals surface area contributed by atoms with E-state index in [0.29, 0.717) is 23.1 Å². The zero-order valence-corrected chi connectivity index (χ0v) is 12.8. The standard InChI is InChI=1S/C17H19FN2O3/c1-2-3-4-15(17(22)23)20-16(21)14-10-19-9-13(14)11-5-7-12(18)8-6-11/h5-10,15,19H,2-4H2,1H3,(H,20,21)(H,22,23)/t15-/m0/s1. The number of H-pyrrole nitrogens is 1. The highest BCUT2D eigenvalue weighted by Gasteiger charge is 2.22. The second-order valence-electron chi connectivity index (χ2n) is 5.30. The lowest BCUT2D eigenvalue weighted by Gasteiger charge is -2.14. The Morgan fingerprint density at radius 3 is 2.57 bits per heavy atom. The molecule has 1 aromatic heterocycles. The minimum atomic E-state index is -1.05. The molecule has 0 aliphatic rings. The summed E-state index contributed by atoms with van der Waals surface area (Å²) in [5.41, 5.74) is 1.61. The second kappa shape index (κ2) is 7.58. The zero-order valence-electron chi connectivity index (χ0n) is 12.8. The van der Waals surface area contributed by atoms with Crippen LogP contribution in [0.5, 0.6) is 0 Å². The Balaban J connectivity index is 2.18. The Morgan fingerprint density at radius 2 is 1.96 bits per heavy atom. The fourth-order valence-electron chi connectivity index (χ4n) is 2.32. The monoisotopic (exact) mass is 318 g/mol. The van der Waals surface area contributed by atoms with Crippen molar-refractivity contribution in [2.24, 2.45) is 0 Å². The number of hydrogen-bond donors (Lipinski definition) is 3. The van der Waals surface area contributed by atoms with Gasteiger partial charge in [0.25, 0.3) is 5.91 Å². The van der Waals surface area contributed by atoms with Crippen LogP contribution in [-0.2, 0) is 4.79 Å². The van der Waals surface area contributed by atoms with E-state index in [-0.39, 0.29) is 5.82 Å². The number of carboxylic acids is 1. The van der Waals surface area contributed by atoms with Crippen LogP contribution < -0.4 is 5.32 Å². The third-order valence-electron chi connectivity index (χ3n) is 3.60. The van der Waals surface area contributed by atoms with E-state index in [9.17, 15) is 19.1 Å². The Labute approximate surface area is 133 Å². The van der Waals surface area contributed by atoms with Crippen molar-refractivity contribution < 1.29 is 19.1 Å². The molecule has 5 nitrogen and oxygen atoms in total. The molecule has 0 unspecified atom stereocenters. The van der Waals surface area contributed by atoms with E-state index in [1.807, 2.05) is 6.92 Å². The van der Waals surface area contributed by atoms with Gasteiger partial charge in [-0.1, -0.05) is 31.9 Å². The Bertz CT molecular complexity index is 679. The van der Waals surface area contributed by atoms with Gasteiger partial charge in [0.2, 0.25) is 0 Å². The molecule has 0 bridgehead atoms. The maximum Gasteiger partial charge on any atom is 0.326 e. The summed E-state index contributed by atoms with van der Waals surface area (Å²) in [5, 5.41) is 11.7. The van der Waals surface area contributed by atoms with Gasteiger partial charge in [0.1, 0.15) is 11.9 Å². The third-order valence-corrected chi connectivity index (χ3v) is 3.60. The van der Waals surface area contributed by atoms with Crippen molar-refractivity contribution in [3.8, 4) is 11.1 Å². The van der Waals surface area contributed by atoms with Gasteiger partial charge in [0.05, 0.1) is 5.56 Å². The van der Waals surface area contributed by atoms with Crippen molar-refractivity contribution in [1.82, 2.24) is 10.3 Å². The van der Waals surface area contributed by atoms with Gasteiger partial charge in [0, 0.05) is 18.0 Å². The first kappa shape index (κ1) is 16.7. The van der Waals surface area contributed by atoms with Crippen LogP contribution >= 0.6 is 0 Å². The maximum atomic E-state index is 13.0. The summed E-state index contributed by atoms with van der Waals surface area (Å²) in [5.74, 6) is -1.87. The molecule has 0 saturated heterocycles. The first-order valence-electron chi connectivity index (χ1n) is 7.49. The van der Waals surface area contributed by atoms with Crippen LogP contribution in [0.15, 0.2) is 36.7 Å². The number of halogens is 1. The number of aliphatic carboxylic acids is 1. The number of hydrogen-bond acceptors (Lipinski definition) is 2. The minimum Gasteiger partial charge on any atom is -0.480 e. The van der Waals surface area contributed by atoms with E-state index >= 15 is 0 Å². The van der Waals surface area contributed by atoms with Crippen molar-refractivity contribution in [3.63, 3.8) is 0 Å². The van der Waals surface area contributed by atoms with Gasteiger partial charge in [-0.05, 0) is 24.1 Å². The number of carbonyl (C=O) groups is 2. The predicted octanol–water partition coefficient (Wildman–Crippen LogP) is 3.19. The third kappa shape index (κ3) is 4.18. The minimum absolute atomic E-state index is 0.333. The van der Waals surface area contributed by atoms with Crippen molar-refractivity contribution in [2.75, 3.05) is 0 Å². The predicted molar refractivity (Wildman–Crippen MR) is 84.6 cm³/mol. The van der Waals surface area contributed by atoms with Gasteiger partial charge < -0.3 is 15.4 Å². The molecule has 0 saturated carbocycles. The topological polar surface area (TPSA) is 82.2 Å². The Hall–Kier alpha value is -2.63. The summed E-state index contributed by atoms with van der Waals surface area (Å²) < 4.78 is 13.0. The fourth-order valence-corrected chi connectivity index (χ4v) is 2.32. The molecule has 23 heavy (non-hydrogen) atoms. The van der Waals surface area contributed by atoms with E-state index in [1.165, 1.54) is 18.3 Å². The second-order valence-corrected chi connectivity index (χ2v) is 5.30. The maximum absolute atomic E-state index is 13.0. The molecule has 2 aromatic rings. The highest BCUT2D eigenvalue weighted by atomic mass is 19.1. The summed E-state index contributed by atoms with van der Waals surface area (Å²) in [6.45, 7) is 1.96. The number of amides is 1. The molecule has 1 aromatic carbocycles. The van der Waals surface area contributed by atoms with E-state index in [0.717, 1.165) is 12.8 Å². The number of unbranched alkanes of at least 4 members (excludes halogenated alkanes) is 1. The van der Waals surface area contributed by atoms with Crippen molar-refractivity contribution in [1.29, 1.82) is 0 Å². The molecule has 1 heterocycles. The van der Waals surface area contributed by atoms with Crippen molar-refractivity contribution in [3.05, 3.63) is 48.0 Å². The molecule has 0 aliphatic heterocycles.